The Morgan fingerprint density at radius 3 is 2.59 bits per heavy atom. The van der Waals surface area contributed by atoms with Crippen LogP contribution in [0, 0.1) is 0 Å². The van der Waals surface area contributed by atoms with E-state index in [1.807, 2.05) is 0 Å². The van der Waals surface area contributed by atoms with Gasteiger partial charge >= 0.3 is 0 Å². The second kappa shape index (κ2) is 8.66. The van der Waals surface area contributed by atoms with Crippen LogP contribution in [0.5, 0.6) is 0 Å². The zero-order valence-electron chi connectivity index (χ0n) is 10.2. The first-order chi connectivity index (χ1) is 8.24. The highest BCUT2D eigenvalue weighted by atomic mass is 32.1. The zero-order chi connectivity index (χ0) is 12.5. The van der Waals surface area contributed by atoms with Gasteiger partial charge in [-0.05, 0) is 19.3 Å². The van der Waals surface area contributed by atoms with Crippen molar-refractivity contribution in [1.82, 2.24) is 10.9 Å². The van der Waals surface area contributed by atoms with Gasteiger partial charge < -0.3 is 0 Å². The molecule has 0 aromatic heterocycles. The molecule has 1 rings (SSSR count). The maximum absolute atomic E-state index is 11.8. The Balaban J connectivity index is 2.44. The number of Topliss-reactive ketones (excluding diaryl/α,β-unsaturated/α-hetero) is 2. The Bertz CT molecular complexity index is 259. The molecule has 1 fully saturated rings. The van der Waals surface area contributed by atoms with Crippen LogP contribution in [0.2, 0.25) is 0 Å². The van der Waals surface area contributed by atoms with Crippen LogP contribution in [-0.4, -0.2) is 29.9 Å². The number of nitrogens with one attached hydrogen (secondary N) is 2. The molecule has 98 valence electrons. The van der Waals surface area contributed by atoms with Crippen molar-refractivity contribution < 1.29 is 9.59 Å². The standard InChI is InChI=1S/C12H22N2O2S/c15-10-5-2-1-3-8-13-14-11(9-17)12(16)7-4-6-10/h11,13-14,17H,1-9H2/t11-/m1/s1. The average molecular weight is 258 g/mol. The SMILES string of the molecule is O=C1CCCCCNN[C@H](CS)C(=O)CCC1. The van der Waals surface area contributed by atoms with Gasteiger partial charge in [-0.2, -0.15) is 12.6 Å². The van der Waals surface area contributed by atoms with Crippen molar-refractivity contribution in [3.8, 4) is 0 Å². The lowest BCUT2D eigenvalue weighted by Gasteiger charge is -2.15. The monoisotopic (exact) mass is 258 g/mol. The van der Waals surface area contributed by atoms with Gasteiger partial charge in [0, 0.05) is 31.6 Å². The highest BCUT2D eigenvalue weighted by Crippen LogP contribution is 2.07. The van der Waals surface area contributed by atoms with Crippen LogP contribution in [-0.2, 0) is 9.59 Å². The molecule has 1 saturated heterocycles. The first-order valence-electron chi connectivity index (χ1n) is 6.37. The summed E-state index contributed by atoms with van der Waals surface area (Å²) in [6.45, 7) is 0.825. The van der Waals surface area contributed by atoms with Crippen LogP contribution in [0.4, 0.5) is 0 Å². The Hall–Kier alpha value is -0.390. The largest absolute Gasteiger partial charge is 0.300 e. The molecule has 17 heavy (non-hydrogen) atoms. The summed E-state index contributed by atoms with van der Waals surface area (Å²) in [6, 6.07) is -0.241. The number of thiol groups is 1. The minimum Gasteiger partial charge on any atom is -0.300 e. The van der Waals surface area contributed by atoms with Crippen molar-refractivity contribution >= 4 is 24.2 Å². The number of hydrogen-bond donors (Lipinski definition) is 3. The molecule has 0 spiro atoms. The highest BCUT2D eigenvalue weighted by molar-refractivity contribution is 7.80. The van der Waals surface area contributed by atoms with E-state index in [1.165, 1.54) is 0 Å². The van der Waals surface area contributed by atoms with E-state index in [9.17, 15) is 9.59 Å². The second-order valence-corrected chi connectivity index (χ2v) is 4.84. The van der Waals surface area contributed by atoms with Gasteiger partial charge in [0.25, 0.3) is 0 Å². The fourth-order valence-electron chi connectivity index (χ4n) is 1.89. The summed E-state index contributed by atoms with van der Waals surface area (Å²) < 4.78 is 0. The van der Waals surface area contributed by atoms with Crippen LogP contribution in [0.3, 0.4) is 0 Å². The number of hydrogen-bond acceptors (Lipinski definition) is 5. The Labute approximate surface area is 108 Å². The summed E-state index contributed by atoms with van der Waals surface area (Å²) in [5, 5.41) is 0. The van der Waals surface area contributed by atoms with Crippen molar-refractivity contribution in [2.24, 2.45) is 0 Å². The van der Waals surface area contributed by atoms with E-state index in [0.29, 0.717) is 37.2 Å². The maximum Gasteiger partial charge on any atom is 0.151 e. The quantitative estimate of drug-likeness (QED) is 0.620. The molecule has 0 unspecified atom stereocenters. The van der Waals surface area contributed by atoms with Gasteiger partial charge in [-0.25, -0.2) is 5.43 Å². The zero-order valence-corrected chi connectivity index (χ0v) is 11.1. The van der Waals surface area contributed by atoms with E-state index in [1.54, 1.807) is 0 Å². The molecule has 2 N–H and O–H groups in total. The summed E-state index contributed by atoms with van der Waals surface area (Å²) in [7, 11) is 0. The van der Waals surface area contributed by atoms with Crippen LogP contribution >= 0.6 is 12.6 Å². The minimum absolute atomic E-state index is 0.138. The van der Waals surface area contributed by atoms with E-state index in [2.05, 4.69) is 23.5 Å². The Kier molecular flexibility index (Phi) is 7.48. The summed E-state index contributed by atoms with van der Waals surface area (Å²) >= 11 is 4.16. The highest BCUT2D eigenvalue weighted by Gasteiger charge is 2.16. The molecule has 0 saturated carbocycles. The third kappa shape index (κ3) is 6.19. The van der Waals surface area contributed by atoms with Crippen LogP contribution < -0.4 is 10.9 Å². The fraction of sp³-hybridized carbons (Fsp3) is 0.833. The maximum atomic E-state index is 11.8. The van der Waals surface area contributed by atoms with Gasteiger partial charge in [0.2, 0.25) is 0 Å². The van der Waals surface area contributed by atoms with Crippen molar-refractivity contribution in [1.29, 1.82) is 0 Å². The van der Waals surface area contributed by atoms with Gasteiger partial charge in [0.15, 0.2) is 5.78 Å². The first kappa shape index (κ1) is 14.7. The molecule has 0 bridgehead atoms. The fourth-order valence-corrected chi connectivity index (χ4v) is 2.19. The molecule has 1 heterocycles. The van der Waals surface area contributed by atoms with Crippen LogP contribution in [0.1, 0.15) is 44.9 Å². The molecular formula is C12H22N2O2S. The van der Waals surface area contributed by atoms with E-state index < -0.39 is 0 Å². The Morgan fingerprint density at radius 2 is 1.82 bits per heavy atom. The van der Waals surface area contributed by atoms with Crippen molar-refractivity contribution in [2.45, 2.75) is 51.0 Å². The topological polar surface area (TPSA) is 58.2 Å². The smallest absolute Gasteiger partial charge is 0.151 e. The first-order valence-corrected chi connectivity index (χ1v) is 7.01. The number of carbonyl (C=O) groups excluding carboxylic acids is 2. The number of hydrazine groups is 1. The van der Waals surface area contributed by atoms with E-state index in [-0.39, 0.29) is 11.8 Å². The average Bonchev–Trinajstić information content (AvgIpc) is 2.33. The minimum atomic E-state index is -0.241. The lowest BCUT2D eigenvalue weighted by atomic mass is 10.0. The summed E-state index contributed by atoms with van der Waals surface area (Å²) in [6.07, 6.45) is 5.38. The summed E-state index contributed by atoms with van der Waals surface area (Å²) in [5.74, 6) is 0.916. The molecular weight excluding hydrogens is 236 g/mol. The number of rotatable bonds is 1. The Morgan fingerprint density at radius 1 is 1.06 bits per heavy atom. The predicted octanol–water partition coefficient (Wildman–Crippen LogP) is 1.26. The van der Waals surface area contributed by atoms with E-state index in [4.69, 9.17) is 0 Å². The molecule has 0 aromatic carbocycles. The van der Waals surface area contributed by atoms with Crippen LogP contribution in [0.15, 0.2) is 0 Å². The lowest BCUT2D eigenvalue weighted by molar-refractivity contribution is -0.121. The summed E-state index contributed by atoms with van der Waals surface area (Å²) in [5.41, 5.74) is 6.07. The molecule has 0 amide bonds. The van der Waals surface area contributed by atoms with Crippen LogP contribution in [0.25, 0.3) is 0 Å². The van der Waals surface area contributed by atoms with Gasteiger partial charge in [-0.1, -0.05) is 6.42 Å². The molecule has 1 aliphatic heterocycles. The molecule has 1 aliphatic rings. The number of carbonyl (C=O) groups is 2. The molecule has 4 nitrogen and oxygen atoms in total. The van der Waals surface area contributed by atoms with Crippen molar-refractivity contribution in [3.63, 3.8) is 0 Å². The third-order valence-electron chi connectivity index (χ3n) is 2.98. The van der Waals surface area contributed by atoms with E-state index in [0.717, 1.165) is 25.8 Å². The van der Waals surface area contributed by atoms with Gasteiger partial charge in [-0.3, -0.25) is 15.0 Å². The molecule has 0 radical (unpaired) electrons. The van der Waals surface area contributed by atoms with Crippen molar-refractivity contribution in [2.75, 3.05) is 12.3 Å². The molecule has 0 aliphatic carbocycles. The lowest BCUT2D eigenvalue weighted by Crippen LogP contribution is -2.47. The molecule has 1 atom stereocenters. The van der Waals surface area contributed by atoms with Gasteiger partial charge in [-0.15, -0.1) is 0 Å². The van der Waals surface area contributed by atoms with Gasteiger partial charge in [0.05, 0.1) is 6.04 Å². The van der Waals surface area contributed by atoms with E-state index >= 15 is 0 Å². The summed E-state index contributed by atoms with van der Waals surface area (Å²) in [4.78, 5) is 23.3. The normalized spacial score (nSPS) is 25.8. The van der Waals surface area contributed by atoms with Gasteiger partial charge in [0.1, 0.15) is 5.78 Å². The number of ketones is 2. The molecule has 5 heteroatoms. The predicted molar refractivity (Wildman–Crippen MR) is 71.1 cm³/mol. The van der Waals surface area contributed by atoms with Crippen molar-refractivity contribution in [3.05, 3.63) is 0 Å². The molecule has 0 aromatic rings. The third-order valence-corrected chi connectivity index (χ3v) is 3.35. The second-order valence-electron chi connectivity index (χ2n) is 4.48.